The second kappa shape index (κ2) is 6.76. The van der Waals surface area contributed by atoms with E-state index >= 15 is 0 Å². The molecule has 2 rings (SSSR count). The second-order valence-electron chi connectivity index (χ2n) is 6.55. The number of halogens is 1. The number of rotatable bonds is 4. The molecule has 0 saturated heterocycles. The first-order valence-electron chi connectivity index (χ1n) is 7.35. The summed E-state index contributed by atoms with van der Waals surface area (Å²) in [6.07, 6.45) is 0. The Morgan fingerprint density at radius 2 is 1.82 bits per heavy atom. The van der Waals surface area contributed by atoms with Gasteiger partial charge in [0.15, 0.2) is 0 Å². The Labute approximate surface area is 133 Å². The van der Waals surface area contributed by atoms with Gasteiger partial charge in [0.05, 0.1) is 0 Å². The van der Waals surface area contributed by atoms with Crippen LogP contribution in [0.15, 0.2) is 36.4 Å². The molecule has 2 N–H and O–H groups in total. The average molecular weight is 319 g/mol. The van der Waals surface area contributed by atoms with Crippen LogP contribution in [0.4, 0.5) is 4.39 Å². The molecule has 0 aromatic heterocycles. The third-order valence-electron chi connectivity index (χ3n) is 3.30. The van der Waals surface area contributed by atoms with Crippen LogP contribution in [-0.4, -0.2) is 10.6 Å². The van der Waals surface area contributed by atoms with E-state index in [1.807, 2.05) is 25.1 Å². The van der Waals surface area contributed by atoms with Crippen LogP contribution in [0.3, 0.4) is 0 Å². The van der Waals surface area contributed by atoms with E-state index in [9.17, 15) is 9.50 Å². The van der Waals surface area contributed by atoms with Crippen LogP contribution in [0.2, 0.25) is 0 Å². The number of hydrogen-bond acceptors (Lipinski definition) is 2. The molecule has 4 heteroatoms. The van der Waals surface area contributed by atoms with E-state index in [2.05, 4.69) is 26.1 Å². The number of hydrogen-bond donors (Lipinski definition) is 2. The van der Waals surface area contributed by atoms with E-state index < -0.39 is 0 Å². The molecular weight excluding hydrogens is 296 g/mol. The summed E-state index contributed by atoms with van der Waals surface area (Å²) in [6.45, 7) is 8.86. The Bertz CT molecular complexity index is 665. The van der Waals surface area contributed by atoms with Crippen molar-refractivity contribution in [2.75, 3.05) is 0 Å². The lowest BCUT2D eigenvalue weighted by molar-refractivity contribution is 0.424. The molecule has 0 bridgehead atoms. The molecular formula is C18H23FNOP. The van der Waals surface area contributed by atoms with Crippen LogP contribution in [0.25, 0.3) is 0 Å². The molecule has 0 spiro atoms. The van der Waals surface area contributed by atoms with Crippen LogP contribution in [-0.2, 0) is 6.54 Å². The predicted octanol–water partition coefficient (Wildman–Crippen LogP) is 3.36. The summed E-state index contributed by atoms with van der Waals surface area (Å²) in [7, 11) is 0.304. The number of aromatic hydroxyl groups is 1. The van der Waals surface area contributed by atoms with Crippen molar-refractivity contribution in [1.29, 1.82) is 0 Å². The van der Waals surface area contributed by atoms with Crippen LogP contribution in [0.1, 0.15) is 31.9 Å². The largest absolute Gasteiger partial charge is 0.507 e. The molecule has 0 aliphatic heterocycles. The van der Waals surface area contributed by atoms with Gasteiger partial charge >= 0.3 is 0 Å². The van der Waals surface area contributed by atoms with Crippen molar-refractivity contribution in [2.24, 2.45) is 0 Å². The molecule has 2 nitrogen and oxygen atoms in total. The maximum absolute atomic E-state index is 13.6. The van der Waals surface area contributed by atoms with Gasteiger partial charge < -0.3 is 10.4 Å². The molecule has 0 saturated carbocycles. The fraction of sp³-hybridized carbons (Fsp3) is 0.333. The van der Waals surface area contributed by atoms with E-state index in [1.54, 1.807) is 12.1 Å². The predicted molar refractivity (Wildman–Crippen MR) is 93.4 cm³/mol. The second-order valence-corrected chi connectivity index (χ2v) is 7.88. The summed E-state index contributed by atoms with van der Waals surface area (Å²) in [5.74, 6) is 0.0655. The molecule has 1 atom stereocenters. The lowest BCUT2D eigenvalue weighted by atomic mass is 10.1. The van der Waals surface area contributed by atoms with Crippen LogP contribution < -0.4 is 15.9 Å². The third kappa shape index (κ3) is 4.79. The van der Waals surface area contributed by atoms with Gasteiger partial charge in [-0.05, 0) is 62.8 Å². The average Bonchev–Trinajstić information content (AvgIpc) is 2.42. The lowest BCUT2D eigenvalue weighted by Crippen LogP contribution is -2.36. The van der Waals surface area contributed by atoms with Crippen molar-refractivity contribution in [3.8, 4) is 5.75 Å². The highest BCUT2D eigenvalue weighted by molar-refractivity contribution is 7.55. The first-order chi connectivity index (χ1) is 10.2. The van der Waals surface area contributed by atoms with Crippen molar-refractivity contribution >= 4 is 19.2 Å². The van der Waals surface area contributed by atoms with E-state index in [0.717, 1.165) is 21.7 Å². The minimum absolute atomic E-state index is 0.0296. The number of phenols is 1. The summed E-state index contributed by atoms with van der Waals surface area (Å²) in [5, 5.41) is 15.4. The van der Waals surface area contributed by atoms with Gasteiger partial charge in [-0.3, -0.25) is 0 Å². The van der Waals surface area contributed by atoms with Crippen molar-refractivity contribution in [1.82, 2.24) is 5.32 Å². The van der Waals surface area contributed by atoms with Gasteiger partial charge in [-0.15, -0.1) is 0 Å². The smallest absolute Gasteiger partial charge is 0.123 e. The van der Waals surface area contributed by atoms with Crippen molar-refractivity contribution in [3.05, 3.63) is 53.3 Å². The van der Waals surface area contributed by atoms with E-state index in [0.29, 0.717) is 20.9 Å². The summed E-state index contributed by atoms with van der Waals surface area (Å²) < 4.78 is 13.6. The van der Waals surface area contributed by atoms with E-state index in [4.69, 9.17) is 0 Å². The Hall–Kier alpha value is -1.44. The Kier molecular flexibility index (Phi) is 5.20. The zero-order valence-electron chi connectivity index (χ0n) is 13.5. The van der Waals surface area contributed by atoms with Crippen LogP contribution in [0.5, 0.6) is 5.75 Å². The molecule has 0 aliphatic carbocycles. The van der Waals surface area contributed by atoms with Gasteiger partial charge in [-0.1, -0.05) is 26.3 Å². The highest BCUT2D eigenvalue weighted by Crippen LogP contribution is 2.21. The zero-order valence-corrected chi connectivity index (χ0v) is 14.5. The molecule has 1 unspecified atom stereocenters. The van der Waals surface area contributed by atoms with E-state index in [-0.39, 0.29) is 11.4 Å². The summed E-state index contributed by atoms with van der Waals surface area (Å²) in [6, 6.07) is 10.5. The maximum Gasteiger partial charge on any atom is 0.123 e. The van der Waals surface area contributed by atoms with Gasteiger partial charge in [0.2, 0.25) is 0 Å². The Morgan fingerprint density at radius 3 is 2.50 bits per heavy atom. The highest BCUT2D eigenvalue weighted by atomic mass is 31.1. The summed E-state index contributed by atoms with van der Waals surface area (Å²) in [5.41, 5.74) is 2.02. The minimum Gasteiger partial charge on any atom is -0.507 e. The normalized spacial score (nSPS) is 12.2. The first-order valence-corrected chi connectivity index (χ1v) is 8.35. The van der Waals surface area contributed by atoms with E-state index in [1.165, 1.54) is 6.07 Å². The quantitative estimate of drug-likeness (QED) is 0.847. The number of nitrogens with one attached hydrogen (secondary N) is 1. The van der Waals surface area contributed by atoms with Crippen LogP contribution >= 0.6 is 8.58 Å². The van der Waals surface area contributed by atoms with Gasteiger partial charge in [0.1, 0.15) is 11.6 Å². The monoisotopic (exact) mass is 319 g/mol. The zero-order chi connectivity index (χ0) is 16.3. The third-order valence-corrected chi connectivity index (χ3v) is 4.72. The standard InChI is InChI=1S/C18H23FNOP/c1-12-5-7-15(21)17(9-12)22-16-8-6-14(19)10-13(16)11-20-18(2,3)4/h5-10,20-22H,11H2,1-4H3. The fourth-order valence-electron chi connectivity index (χ4n) is 2.09. The highest BCUT2D eigenvalue weighted by Gasteiger charge is 2.12. The molecule has 2 aromatic rings. The summed E-state index contributed by atoms with van der Waals surface area (Å²) >= 11 is 0. The minimum atomic E-state index is -0.229. The molecule has 0 fully saturated rings. The van der Waals surface area contributed by atoms with Gasteiger partial charge in [-0.2, -0.15) is 0 Å². The number of aryl methyl sites for hydroxylation is 1. The van der Waals surface area contributed by atoms with Gasteiger partial charge in [0.25, 0.3) is 0 Å². The maximum atomic E-state index is 13.6. The topological polar surface area (TPSA) is 32.3 Å². The molecule has 0 aliphatic rings. The molecule has 0 amide bonds. The summed E-state index contributed by atoms with van der Waals surface area (Å²) in [4.78, 5) is 0. The molecule has 118 valence electrons. The lowest BCUT2D eigenvalue weighted by Gasteiger charge is -2.22. The number of benzene rings is 2. The van der Waals surface area contributed by atoms with Gasteiger partial charge in [0, 0.05) is 17.4 Å². The SMILES string of the molecule is Cc1ccc(O)c(Pc2ccc(F)cc2CNC(C)(C)C)c1. The first kappa shape index (κ1) is 16.9. The molecule has 2 aromatic carbocycles. The van der Waals surface area contributed by atoms with Gasteiger partial charge in [-0.25, -0.2) is 4.39 Å². The van der Waals surface area contributed by atoms with Crippen molar-refractivity contribution < 1.29 is 9.50 Å². The Balaban J connectivity index is 2.28. The molecule has 0 radical (unpaired) electrons. The van der Waals surface area contributed by atoms with Crippen LogP contribution in [0, 0.1) is 12.7 Å². The molecule has 0 heterocycles. The van der Waals surface area contributed by atoms with Crippen molar-refractivity contribution in [2.45, 2.75) is 39.8 Å². The van der Waals surface area contributed by atoms with Crippen molar-refractivity contribution in [3.63, 3.8) is 0 Å². The molecule has 22 heavy (non-hydrogen) atoms. The fourth-order valence-corrected chi connectivity index (χ4v) is 3.38. The Morgan fingerprint density at radius 1 is 1.09 bits per heavy atom. The number of phenolic OH excluding ortho intramolecular Hbond substituents is 1.